The second-order valence-corrected chi connectivity index (χ2v) is 4.25. The molecule has 0 spiro atoms. The Morgan fingerprint density at radius 2 is 1.93 bits per heavy atom. The number of halogens is 2. The van der Waals surface area contributed by atoms with Gasteiger partial charge in [0.1, 0.15) is 5.75 Å². The standard InChI is InChI=1S/C9H8N2O.2ClH.Cu/c1-6-2-3-7-8(12)4-5-10-9(7)11-6;;;/h2-5H,1H3,(H,10,11,12);2*1H;/q;;;+2/p-2. The first-order valence-corrected chi connectivity index (χ1v) is 6.50. The van der Waals surface area contributed by atoms with Crippen molar-refractivity contribution in [2.75, 3.05) is 0 Å². The Kier molecular flexibility index (Phi) is 5.12. The molecule has 0 aromatic carbocycles. The van der Waals surface area contributed by atoms with Crippen LogP contribution in [0, 0.1) is 6.92 Å². The number of aromatic hydroxyl groups is 1. The van der Waals surface area contributed by atoms with Crippen LogP contribution in [0.25, 0.3) is 11.0 Å². The van der Waals surface area contributed by atoms with Gasteiger partial charge in [0.15, 0.2) is 5.65 Å². The molecule has 6 heteroatoms. The third-order valence-corrected chi connectivity index (χ3v) is 1.72. The Labute approximate surface area is 102 Å². The van der Waals surface area contributed by atoms with E-state index in [1.54, 1.807) is 12.3 Å². The average Bonchev–Trinajstić information content (AvgIpc) is 2.19. The summed E-state index contributed by atoms with van der Waals surface area (Å²) < 4.78 is 0. The first-order chi connectivity index (χ1) is 7.19. The first kappa shape index (κ1) is 12.5. The second-order valence-electron chi connectivity index (χ2n) is 2.70. The third-order valence-electron chi connectivity index (χ3n) is 1.72. The molecule has 1 N–H and O–H groups in total. The van der Waals surface area contributed by atoms with E-state index in [2.05, 4.69) is 30.2 Å². The van der Waals surface area contributed by atoms with Gasteiger partial charge in [-0.15, -0.1) is 0 Å². The van der Waals surface area contributed by atoms with Crippen LogP contribution >= 0.6 is 20.2 Å². The number of pyridine rings is 2. The quantitative estimate of drug-likeness (QED) is 0.760. The molecule has 85 valence electrons. The van der Waals surface area contributed by atoms with Crippen molar-refractivity contribution >= 4 is 31.2 Å². The summed E-state index contributed by atoms with van der Waals surface area (Å²) in [5.41, 5.74) is 1.50. The number of aromatic nitrogens is 2. The molecule has 0 bridgehead atoms. The number of hydrogen-bond acceptors (Lipinski definition) is 3. The molecule has 0 aliphatic rings. The van der Waals surface area contributed by atoms with Gasteiger partial charge in [-0.1, -0.05) is 0 Å². The van der Waals surface area contributed by atoms with E-state index < -0.39 is 0 Å². The SMILES string of the molecule is Cc1ccc2c(O)ccnc2n1.[Cl][Cu][Cl]. The van der Waals surface area contributed by atoms with Gasteiger partial charge in [0.25, 0.3) is 0 Å². The zero-order chi connectivity index (χ0) is 11.3. The predicted molar refractivity (Wildman–Crippen MR) is 57.6 cm³/mol. The van der Waals surface area contributed by atoms with Crippen molar-refractivity contribution in [2.45, 2.75) is 6.92 Å². The van der Waals surface area contributed by atoms with Crippen molar-refractivity contribution in [1.29, 1.82) is 0 Å². The fourth-order valence-corrected chi connectivity index (χ4v) is 1.11. The van der Waals surface area contributed by atoms with Crippen molar-refractivity contribution in [3.8, 4) is 5.75 Å². The molecule has 0 aliphatic heterocycles. The normalized spacial score (nSPS) is 9.80. The molecule has 2 aromatic rings. The van der Waals surface area contributed by atoms with Gasteiger partial charge in [0.2, 0.25) is 0 Å². The number of hydrogen-bond donors (Lipinski definition) is 1. The minimum absolute atomic E-state index is 0.229. The molecular weight excluding hydrogens is 287 g/mol. The maximum atomic E-state index is 9.38. The fraction of sp³-hybridized carbons (Fsp3) is 0.111. The molecule has 0 saturated carbocycles. The molecule has 2 heterocycles. The van der Waals surface area contributed by atoms with Crippen LogP contribution in [0.4, 0.5) is 0 Å². The van der Waals surface area contributed by atoms with Gasteiger partial charge >= 0.3 is 33.3 Å². The van der Waals surface area contributed by atoms with Gasteiger partial charge in [0, 0.05) is 11.9 Å². The summed E-state index contributed by atoms with van der Waals surface area (Å²) in [6.45, 7) is 1.89. The Balaban J connectivity index is 0.000000337. The number of aryl methyl sites for hydroxylation is 1. The summed E-state index contributed by atoms with van der Waals surface area (Å²) in [4.78, 5) is 8.20. The fourth-order valence-electron chi connectivity index (χ4n) is 1.11. The van der Waals surface area contributed by atoms with E-state index in [1.165, 1.54) is 0 Å². The number of fused-ring (bicyclic) bond motifs is 1. The molecule has 0 saturated heterocycles. The van der Waals surface area contributed by atoms with Gasteiger partial charge in [0.05, 0.1) is 5.39 Å². The van der Waals surface area contributed by atoms with E-state index in [4.69, 9.17) is 0 Å². The Bertz CT molecular complexity index is 453. The van der Waals surface area contributed by atoms with Crippen LogP contribution in [0.1, 0.15) is 5.69 Å². The van der Waals surface area contributed by atoms with E-state index in [-0.39, 0.29) is 5.75 Å². The van der Waals surface area contributed by atoms with E-state index >= 15 is 0 Å². The van der Waals surface area contributed by atoms with Crippen LogP contribution in [0.2, 0.25) is 0 Å². The zero-order valence-electron chi connectivity index (χ0n) is 7.71. The van der Waals surface area contributed by atoms with Crippen LogP contribution in [0.3, 0.4) is 0 Å². The van der Waals surface area contributed by atoms with E-state index in [1.807, 2.05) is 19.1 Å². The van der Waals surface area contributed by atoms with Crippen molar-refractivity contribution in [2.24, 2.45) is 0 Å². The third kappa shape index (κ3) is 3.50. The zero-order valence-corrected chi connectivity index (χ0v) is 10.2. The summed E-state index contributed by atoms with van der Waals surface area (Å²) in [5, 5.41) is 10.1. The molecule has 0 aliphatic carbocycles. The predicted octanol–water partition coefficient (Wildman–Crippen LogP) is 3.02. The number of nitrogens with zero attached hydrogens (tertiary/aromatic N) is 2. The first-order valence-electron chi connectivity index (χ1n) is 3.91. The Hall–Kier alpha value is -0.541. The van der Waals surface area contributed by atoms with Gasteiger partial charge < -0.3 is 5.11 Å². The summed E-state index contributed by atoms with van der Waals surface area (Å²) in [6, 6.07) is 5.23. The molecule has 3 nitrogen and oxygen atoms in total. The summed E-state index contributed by atoms with van der Waals surface area (Å²) in [7, 11) is 9.34. The van der Waals surface area contributed by atoms with Gasteiger partial charge in [-0.2, -0.15) is 0 Å². The second kappa shape index (κ2) is 6.13. The van der Waals surface area contributed by atoms with Gasteiger partial charge in [-0.05, 0) is 25.1 Å². The average molecular weight is 295 g/mol. The summed E-state index contributed by atoms with van der Waals surface area (Å²) in [6.07, 6.45) is 1.55. The summed E-state index contributed by atoms with van der Waals surface area (Å²) in [5.74, 6) is 0.229. The van der Waals surface area contributed by atoms with Crippen LogP contribution in [-0.2, 0) is 13.1 Å². The van der Waals surface area contributed by atoms with Crippen LogP contribution in [-0.4, -0.2) is 15.1 Å². The van der Waals surface area contributed by atoms with Crippen LogP contribution in [0.15, 0.2) is 24.4 Å². The molecule has 0 atom stereocenters. The van der Waals surface area contributed by atoms with Crippen molar-refractivity contribution < 1.29 is 18.2 Å². The van der Waals surface area contributed by atoms with Gasteiger partial charge in [-0.25, -0.2) is 9.97 Å². The van der Waals surface area contributed by atoms with E-state index in [0.717, 1.165) is 18.8 Å². The summed E-state index contributed by atoms with van der Waals surface area (Å²) >= 11 is 0.757. The van der Waals surface area contributed by atoms with Crippen LogP contribution < -0.4 is 0 Å². The monoisotopic (exact) mass is 293 g/mol. The number of rotatable bonds is 0. The molecule has 0 radical (unpaired) electrons. The van der Waals surface area contributed by atoms with Gasteiger partial charge in [-0.3, -0.25) is 0 Å². The van der Waals surface area contributed by atoms with Crippen molar-refractivity contribution in [1.82, 2.24) is 9.97 Å². The molecule has 2 rings (SSSR count). The van der Waals surface area contributed by atoms with Crippen LogP contribution in [0.5, 0.6) is 5.75 Å². The van der Waals surface area contributed by atoms with E-state index in [9.17, 15) is 5.11 Å². The molecular formula is C9H8Cl2CuN2O. The van der Waals surface area contributed by atoms with Crippen molar-refractivity contribution in [3.05, 3.63) is 30.1 Å². The molecule has 0 fully saturated rings. The molecule has 2 aromatic heterocycles. The van der Waals surface area contributed by atoms with E-state index in [0.29, 0.717) is 11.0 Å². The molecule has 15 heavy (non-hydrogen) atoms. The maximum absolute atomic E-state index is 9.38. The molecule has 0 unspecified atom stereocenters. The topological polar surface area (TPSA) is 46.0 Å². The Morgan fingerprint density at radius 1 is 1.27 bits per heavy atom. The minimum atomic E-state index is 0.229. The molecule has 0 amide bonds. The van der Waals surface area contributed by atoms with Crippen molar-refractivity contribution in [3.63, 3.8) is 0 Å². The Morgan fingerprint density at radius 3 is 2.60 bits per heavy atom.